The SMILES string of the molecule is CC(C)[C@H](NC(=O)COc1ccc2c(c1)CCCC2)C(=O)NN. The quantitative estimate of drug-likeness (QED) is 0.415. The zero-order valence-corrected chi connectivity index (χ0v) is 13.7. The number of ether oxygens (including phenoxy) is 1. The minimum absolute atomic E-state index is 0.0637. The Hall–Kier alpha value is -2.08. The fourth-order valence-corrected chi connectivity index (χ4v) is 2.79. The van der Waals surface area contributed by atoms with Crippen LogP contribution in [0.5, 0.6) is 5.75 Å². The summed E-state index contributed by atoms with van der Waals surface area (Å²) in [6.07, 6.45) is 4.60. The maximum Gasteiger partial charge on any atom is 0.258 e. The van der Waals surface area contributed by atoms with E-state index < -0.39 is 11.9 Å². The van der Waals surface area contributed by atoms with Gasteiger partial charge in [0, 0.05) is 0 Å². The lowest BCUT2D eigenvalue weighted by Gasteiger charge is -2.21. The zero-order valence-electron chi connectivity index (χ0n) is 13.7. The van der Waals surface area contributed by atoms with Gasteiger partial charge in [-0.1, -0.05) is 19.9 Å². The molecular weight excluding hydrogens is 294 g/mol. The number of hydrazine groups is 1. The first kappa shape index (κ1) is 17.3. The van der Waals surface area contributed by atoms with Crippen molar-refractivity contribution >= 4 is 11.8 Å². The Labute approximate surface area is 136 Å². The minimum atomic E-state index is -0.667. The van der Waals surface area contributed by atoms with Crippen LogP contribution in [0.25, 0.3) is 0 Å². The van der Waals surface area contributed by atoms with E-state index in [-0.39, 0.29) is 18.4 Å². The fourth-order valence-electron chi connectivity index (χ4n) is 2.79. The second kappa shape index (κ2) is 7.97. The molecule has 6 heteroatoms. The summed E-state index contributed by atoms with van der Waals surface area (Å²) in [6.45, 7) is 3.55. The Kier molecular flexibility index (Phi) is 5.98. The number of carbonyl (C=O) groups excluding carboxylic acids is 2. The monoisotopic (exact) mass is 319 g/mol. The number of nitrogens with two attached hydrogens (primary N) is 1. The maximum absolute atomic E-state index is 12.0. The average Bonchev–Trinajstić information content (AvgIpc) is 2.56. The molecule has 0 saturated heterocycles. The summed E-state index contributed by atoms with van der Waals surface area (Å²) in [4.78, 5) is 23.6. The third kappa shape index (κ3) is 4.69. The topological polar surface area (TPSA) is 93.4 Å². The molecule has 0 saturated carbocycles. The van der Waals surface area contributed by atoms with Crippen LogP contribution in [0.1, 0.15) is 37.8 Å². The molecule has 1 aliphatic rings. The highest BCUT2D eigenvalue weighted by Crippen LogP contribution is 2.25. The van der Waals surface area contributed by atoms with Crippen molar-refractivity contribution in [2.24, 2.45) is 11.8 Å². The second-order valence-corrected chi connectivity index (χ2v) is 6.22. The molecule has 1 aromatic carbocycles. The predicted molar refractivity (Wildman–Crippen MR) is 87.7 cm³/mol. The molecule has 0 spiro atoms. The number of aryl methyl sites for hydroxylation is 2. The largest absolute Gasteiger partial charge is 0.484 e. The van der Waals surface area contributed by atoms with Crippen molar-refractivity contribution in [3.05, 3.63) is 29.3 Å². The number of rotatable bonds is 6. The van der Waals surface area contributed by atoms with Gasteiger partial charge in [0.2, 0.25) is 0 Å². The lowest BCUT2D eigenvalue weighted by molar-refractivity contribution is -0.131. The van der Waals surface area contributed by atoms with E-state index >= 15 is 0 Å². The van der Waals surface area contributed by atoms with Crippen molar-refractivity contribution < 1.29 is 14.3 Å². The van der Waals surface area contributed by atoms with E-state index in [1.54, 1.807) is 0 Å². The minimum Gasteiger partial charge on any atom is -0.484 e. The number of benzene rings is 1. The highest BCUT2D eigenvalue weighted by Gasteiger charge is 2.23. The fraction of sp³-hybridized carbons (Fsp3) is 0.529. The van der Waals surface area contributed by atoms with Crippen LogP contribution < -0.4 is 21.3 Å². The highest BCUT2D eigenvalue weighted by molar-refractivity contribution is 5.88. The number of carbonyl (C=O) groups is 2. The average molecular weight is 319 g/mol. The van der Waals surface area contributed by atoms with Crippen molar-refractivity contribution in [1.29, 1.82) is 0 Å². The Morgan fingerprint density at radius 1 is 1.22 bits per heavy atom. The van der Waals surface area contributed by atoms with Crippen LogP contribution >= 0.6 is 0 Å². The summed E-state index contributed by atoms with van der Waals surface area (Å²) < 4.78 is 5.55. The molecule has 1 aliphatic carbocycles. The summed E-state index contributed by atoms with van der Waals surface area (Å²) in [5, 5.41) is 2.64. The summed E-state index contributed by atoms with van der Waals surface area (Å²) in [7, 11) is 0. The molecule has 0 unspecified atom stereocenters. The smallest absolute Gasteiger partial charge is 0.258 e. The van der Waals surface area contributed by atoms with Gasteiger partial charge in [0.15, 0.2) is 6.61 Å². The predicted octanol–water partition coefficient (Wildman–Crippen LogP) is 1.07. The summed E-state index contributed by atoms with van der Waals surface area (Å²) in [5.41, 5.74) is 4.74. The molecule has 2 amide bonds. The van der Waals surface area contributed by atoms with Gasteiger partial charge in [-0.15, -0.1) is 0 Å². The zero-order chi connectivity index (χ0) is 16.8. The molecule has 0 aliphatic heterocycles. The Morgan fingerprint density at radius 2 is 1.91 bits per heavy atom. The van der Waals surface area contributed by atoms with E-state index in [0.717, 1.165) is 12.8 Å². The maximum atomic E-state index is 12.0. The molecule has 4 N–H and O–H groups in total. The number of hydrogen-bond donors (Lipinski definition) is 3. The van der Waals surface area contributed by atoms with Crippen LogP contribution in [0.15, 0.2) is 18.2 Å². The van der Waals surface area contributed by atoms with Crippen LogP contribution in [-0.4, -0.2) is 24.5 Å². The van der Waals surface area contributed by atoms with Crippen LogP contribution in [0.3, 0.4) is 0 Å². The third-order valence-electron chi connectivity index (χ3n) is 4.10. The summed E-state index contributed by atoms with van der Waals surface area (Å²) in [5.74, 6) is 5.00. The lowest BCUT2D eigenvalue weighted by Crippen LogP contribution is -2.52. The molecule has 0 radical (unpaired) electrons. The second-order valence-electron chi connectivity index (χ2n) is 6.22. The van der Waals surface area contributed by atoms with E-state index in [9.17, 15) is 9.59 Å². The molecular formula is C17H25N3O3. The van der Waals surface area contributed by atoms with E-state index in [0.29, 0.717) is 5.75 Å². The highest BCUT2D eigenvalue weighted by atomic mass is 16.5. The molecule has 0 bridgehead atoms. The first-order chi connectivity index (χ1) is 11.0. The van der Waals surface area contributed by atoms with E-state index in [4.69, 9.17) is 10.6 Å². The lowest BCUT2D eigenvalue weighted by atomic mass is 9.92. The van der Waals surface area contributed by atoms with E-state index in [2.05, 4.69) is 16.8 Å². The number of amides is 2. The van der Waals surface area contributed by atoms with Crippen LogP contribution in [0.4, 0.5) is 0 Å². The van der Waals surface area contributed by atoms with Crippen molar-refractivity contribution in [1.82, 2.24) is 10.7 Å². The molecule has 2 rings (SSSR count). The normalized spacial score (nSPS) is 14.8. The molecule has 1 atom stereocenters. The Bertz CT molecular complexity index is 572. The van der Waals surface area contributed by atoms with Gasteiger partial charge in [0.25, 0.3) is 11.8 Å². The van der Waals surface area contributed by atoms with Crippen molar-refractivity contribution in [2.45, 2.75) is 45.6 Å². The first-order valence-electron chi connectivity index (χ1n) is 8.05. The number of nitrogens with one attached hydrogen (secondary N) is 2. The number of hydrogen-bond acceptors (Lipinski definition) is 4. The van der Waals surface area contributed by atoms with E-state index in [1.165, 1.54) is 24.0 Å². The van der Waals surface area contributed by atoms with Gasteiger partial charge in [-0.05, 0) is 54.9 Å². The molecule has 126 valence electrons. The molecule has 0 heterocycles. The van der Waals surface area contributed by atoms with Crippen LogP contribution in [0, 0.1) is 5.92 Å². The first-order valence-corrected chi connectivity index (χ1v) is 8.05. The number of fused-ring (bicyclic) bond motifs is 1. The van der Waals surface area contributed by atoms with E-state index in [1.807, 2.05) is 26.0 Å². The molecule has 6 nitrogen and oxygen atoms in total. The summed E-state index contributed by atoms with van der Waals surface area (Å²) in [6, 6.07) is 5.30. The van der Waals surface area contributed by atoms with Crippen molar-refractivity contribution in [3.8, 4) is 5.75 Å². The van der Waals surface area contributed by atoms with Gasteiger partial charge in [-0.2, -0.15) is 0 Å². The van der Waals surface area contributed by atoms with Crippen LogP contribution in [-0.2, 0) is 22.4 Å². The molecule has 0 aromatic heterocycles. The van der Waals surface area contributed by atoms with Crippen molar-refractivity contribution in [2.75, 3.05) is 6.61 Å². The van der Waals surface area contributed by atoms with Crippen molar-refractivity contribution in [3.63, 3.8) is 0 Å². The molecule has 1 aromatic rings. The Balaban J connectivity index is 1.90. The molecule has 0 fully saturated rings. The van der Waals surface area contributed by atoms with Gasteiger partial charge in [0.1, 0.15) is 11.8 Å². The van der Waals surface area contributed by atoms with Gasteiger partial charge in [-0.3, -0.25) is 15.0 Å². The van der Waals surface area contributed by atoms with Crippen LogP contribution in [0.2, 0.25) is 0 Å². The molecule has 23 heavy (non-hydrogen) atoms. The standard InChI is InChI=1S/C17H25N3O3/c1-11(2)16(17(22)20-18)19-15(21)10-23-14-8-7-12-5-3-4-6-13(12)9-14/h7-9,11,16H,3-6,10,18H2,1-2H3,(H,19,21)(H,20,22)/t16-/m0/s1. The Morgan fingerprint density at radius 3 is 2.57 bits per heavy atom. The van der Waals surface area contributed by atoms with Gasteiger partial charge in [0.05, 0.1) is 0 Å². The third-order valence-corrected chi connectivity index (χ3v) is 4.10. The van der Waals surface area contributed by atoms with Gasteiger partial charge >= 0.3 is 0 Å². The summed E-state index contributed by atoms with van der Waals surface area (Å²) >= 11 is 0. The van der Waals surface area contributed by atoms with Gasteiger partial charge in [-0.25, -0.2) is 5.84 Å². The van der Waals surface area contributed by atoms with Gasteiger partial charge < -0.3 is 10.1 Å².